The molecule has 3 heteroatoms. The van der Waals surface area contributed by atoms with Crippen molar-refractivity contribution in [2.75, 3.05) is 13.7 Å². The Labute approximate surface area is 115 Å². The van der Waals surface area contributed by atoms with Crippen LogP contribution < -0.4 is 5.32 Å². The van der Waals surface area contributed by atoms with Crippen LogP contribution in [-0.2, 0) is 4.74 Å². The number of rotatable bonds is 7. The first-order chi connectivity index (χ1) is 8.69. The summed E-state index contributed by atoms with van der Waals surface area (Å²) in [5, 5.41) is 4.41. The van der Waals surface area contributed by atoms with Gasteiger partial charge >= 0.3 is 0 Å². The van der Waals surface area contributed by atoms with Gasteiger partial charge in [-0.3, -0.25) is 0 Å². The maximum absolute atomic E-state index is 5.95. The molecule has 0 aliphatic heterocycles. The van der Waals surface area contributed by atoms with Gasteiger partial charge in [0.05, 0.1) is 6.10 Å². The average molecular weight is 268 g/mol. The van der Waals surface area contributed by atoms with E-state index in [0.717, 1.165) is 24.0 Å². The molecular weight excluding hydrogens is 246 g/mol. The van der Waals surface area contributed by atoms with E-state index in [-0.39, 0.29) is 6.10 Å². The highest BCUT2D eigenvalue weighted by Crippen LogP contribution is 2.25. The number of ether oxygens (including phenoxy) is 1. The first-order valence-corrected chi connectivity index (χ1v) is 7.08. The highest BCUT2D eigenvalue weighted by atomic mass is 35.5. The van der Waals surface area contributed by atoms with Crippen molar-refractivity contribution in [3.8, 4) is 0 Å². The summed E-state index contributed by atoms with van der Waals surface area (Å²) in [6.45, 7) is 3.15. The standard InChI is InChI=1S/C15H22ClNO/c1-11(18-2)9-13(10-17-15-7-8-15)12-3-5-14(16)6-4-12/h3-6,11,13,15,17H,7-10H2,1-2H3. The number of benzene rings is 1. The molecule has 2 rings (SSSR count). The van der Waals surface area contributed by atoms with Gasteiger partial charge < -0.3 is 10.1 Å². The summed E-state index contributed by atoms with van der Waals surface area (Å²) in [6.07, 6.45) is 3.98. The van der Waals surface area contributed by atoms with E-state index in [1.165, 1.54) is 18.4 Å². The van der Waals surface area contributed by atoms with Gasteiger partial charge in [-0.2, -0.15) is 0 Å². The Bertz CT molecular complexity index is 361. The third-order valence-electron chi connectivity index (χ3n) is 3.59. The lowest BCUT2D eigenvalue weighted by atomic mass is 9.93. The molecule has 0 radical (unpaired) electrons. The predicted molar refractivity (Wildman–Crippen MR) is 76.3 cm³/mol. The zero-order valence-corrected chi connectivity index (χ0v) is 11.9. The van der Waals surface area contributed by atoms with E-state index >= 15 is 0 Å². The molecule has 0 amide bonds. The number of halogens is 1. The highest BCUT2D eigenvalue weighted by Gasteiger charge is 2.23. The molecule has 0 bridgehead atoms. The minimum Gasteiger partial charge on any atom is -0.382 e. The maximum Gasteiger partial charge on any atom is 0.0549 e. The summed E-state index contributed by atoms with van der Waals surface area (Å²) in [5.41, 5.74) is 1.34. The normalized spacial score (nSPS) is 18.6. The van der Waals surface area contributed by atoms with E-state index in [1.807, 2.05) is 12.1 Å². The molecule has 100 valence electrons. The van der Waals surface area contributed by atoms with Crippen molar-refractivity contribution >= 4 is 11.6 Å². The van der Waals surface area contributed by atoms with Crippen LogP contribution in [0.4, 0.5) is 0 Å². The Hall–Kier alpha value is -0.570. The Morgan fingerprint density at radius 1 is 1.33 bits per heavy atom. The second-order valence-corrected chi connectivity index (χ2v) is 5.65. The van der Waals surface area contributed by atoms with E-state index < -0.39 is 0 Å². The van der Waals surface area contributed by atoms with E-state index in [2.05, 4.69) is 24.4 Å². The Balaban J connectivity index is 1.99. The zero-order chi connectivity index (χ0) is 13.0. The van der Waals surface area contributed by atoms with E-state index in [9.17, 15) is 0 Å². The molecule has 1 aromatic carbocycles. The molecule has 1 N–H and O–H groups in total. The summed E-state index contributed by atoms with van der Waals surface area (Å²) in [7, 11) is 1.78. The summed E-state index contributed by atoms with van der Waals surface area (Å²) >= 11 is 5.95. The Kier molecular flexibility index (Phi) is 5.04. The lowest BCUT2D eigenvalue weighted by Gasteiger charge is -2.21. The topological polar surface area (TPSA) is 21.3 Å². The molecular formula is C15H22ClNO. The second-order valence-electron chi connectivity index (χ2n) is 5.21. The van der Waals surface area contributed by atoms with Crippen LogP contribution in [0.1, 0.15) is 37.7 Å². The van der Waals surface area contributed by atoms with Crippen molar-refractivity contribution in [2.24, 2.45) is 0 Å². The molecule has 1 aromatic rings. The van der Waals surface area contributed by atoms with Crippen LogP contribution in [0.3, 0.4) is 0 Å². The summed E-state index contributed by atoms with van der Waals surface area (Å²) in [5.74, 6) is 0.498. The largest absolute Gasteiger partial charge is 0.382 e. The van der Waals surface area contributed by atoms with Crippen LogP contribution in [-0.4, -0.2) is 25.8 Å². The monoisotopic (exact) mass is 267 g/mol. The number of hydrogen-bond acceptors (Lipinski definition) is 2. The van der Waals surface area contributed by atoms with E-state index in [4.69, 9.17) is 16.3 Å². The minimum absolute atomic E-state index is 0.284. The predicted octanol–water partition coefficient (Wildman–Crippen LogP) is 3.60. The van der Waals surface area contributed by atoms with Gasteiger partial charge in [0.1, 0.15) is 0 Å². The quantitative estimate of drug-likeness (QED) is 0.815. The van der Waals surface area contributed by atoms with E-state index in [1.54, 1.807) is 7.11 Å². The van der Waals surface area contributed by atoms with Crippen LogP contribution in [0.5, 0.6) is 0 Å². The Morgan fingerprint density at radius 2 is 2.00 bits per heavy atom. The van der Waals surface area contributed by atoms with Crippen molar-refractivity contribution in [1.29, 1.82) is 0 Å². The van der Waals surface area contributed by atoms with Crippen molar-refractivity contribution in [2.45, 2.75) is 44.2 Å². The molecule has 1 aliphatic carbocycles. The number of hydrogen-bond donors (Lipinski definition) is 1. The molecule has 1 fully saturated rings. The van der Waals surface area contributed by atoms with Gasteiger partial charge in [-0.25, -0.2) is 0 Å². The molecule has 1 saturated carbocycles. The highest BCUT2D eigenvalue weighted by molar-refractivity contribution is 6.30. The Morgan fingerprint density at radius 3 is 2.56 bits per heavy atom. The zero-order valence-electron chi connectivity index (χ0n) is 11.2. The van der Waals surface area contributed by atoms with Crippen LogP contribution >= 0.6 is 11.6 Å². The smallest absolute Gasteiger partial charge is 0.0549 e. The molecule has 1 aliphatic rings. The molecule has 2 nitrogen and oxygen atoms in total. The molecule has 0 spiro atoms. The van der Waals surface area contributed by atoms with Crippen LogP contribution in [0.15, 0.2) is 24.3 Å². The molecule has 0 aromatic heterocycles. The molecule has 2 unspecified atom stereocenters. The minimum atomic E-state index is 0.284. The number of nitrogens with one attached hydrogen (secondary N) is 1. The van der Waals surface area contributed by atoms with Crippen molar-refractivity contribution < 1.29 is 4.74 Å². The summed E-state index contributed by atoms with van der Waals surface area (Å²) in [4.78, 5) is 0. The summed E-state index contributed by atoms with van der Waals surface area (Å²) < 4.78 is 5.39. The van der Waals surface area contributed by atoms with E-state index in [0.29, 0.717) is 5.92 Å². The van der Waals surface area contributed by atoms with Crippen molar-refractivity contribution in [3.05, 3.63) is 34.9 Å². The second kappa shape index (κ2) is 6.55. The van der Waals surface area contributed by atoms with Gasteiger partial charge in [0.2, 0.25) is 0 Å². The molecule has 18 heavy (non-hydrogen) atoms. The van der Waals surface area contributed by atoms with Crippen molar-refractivity contribution in [3.63, 3.8) is 0 Å². The van der Waals surface area contributed by atoms with Gasteiger partial charge in [-0.1, -0.05) is 23.7 Å². The van der Waals surface area contributed by atoms with Gasteiger partial charge in [0.25, 0.3) is 0 Å². The lowest BCUT2D eigenvalue weighted by molar-refractivity contribution is 0.104. The van der Waals surface area contributed by atoms with Gasteiger partial charge in [0.15, 0.2) is 0 Å². The fourth-order valence-corrected chi connectivity index (χ4v) is 2.29. The molecule has 0 heterocycles. The fraction of sp³-hybridized carbons (Fsp3) is 0.600. The lowest BCUT2D eigenvalue weighted by Crippen LogP contribution is -2.26. The van der Waals surface area contributed by atoms with Crippen LogP contribution in [0, 0.1) is 0 Å². The third-order valence-corrected chi connectivity index (χ3v) is 3.84. The molecule has 0 saturated heterocycles. The fourth-order valence-electron chi connectivity index (χ4n) is 2.17. The van der Waals surface area contributed by atoms with Gasteiger partial charge in [0, 0.05) is 24.7 Å². The molecule has 2 atom stereocenters. The SMILES string of the molecule is COC(C)CC(CNC1CC1)c1ccc(Cl)cc1. The maximum atomic E-state index is 5.95. The summed E-state index contributed by atoms with van der Waals surface area (Å²) in [6, 6.07) is 8.95. The third kappa shape index (κ3) is 4.27. The number of methoxy groups -OCH3 is 1. The first-order valence-electron chi connectivity index (χ1n) is 6.70. The van der Waals surface area contributed by atoms with Crippen LogP contribution in [0.2, 0.25) is 5.02 Å². The first kappa shape index (κ1) is 13.9. The van der Waals surface area contributed by atoms with Crippen LogP contribution in [0.25, 0.3) is 0 Å². The average Bonchev–Trinajstić information content (AvgIpc) is 3.19. The van der Waals surface area contributed by atoms with Crippen molar-refractivity contribution in [1.82, 2.24) is 5.32 Å². The van der Waals surface area contributed by atoms with Gasteiger partial charge in [-0.05, 0) is 49.8 Å². The van der Waals surface area contributed by atoms with Gasteiger partial charge in [-0.15, -0.1) is 0 Å².